The predicted molar refractivity (Wildman–Crippen MR) is 80.6 cm³/mol. The van der Waals surface area contributed by atoms with E-state index in [0.717, 1.165) is 36.0 Å². The lowest BCUT2D eigenvalue weighted by atomic mass is 10.0. The summed E-state index contributed by atoms with van der Waals surface area (Å²) in [5.41, 5.74) is 6.72. The Hall–Kier alpha value is -1.92. The van der Waals surface area contributed by atoms with Crippen molar-refractivity contribution in [3.63, 3.8) is 0 Å². The van der Waals surface area contributed by atoms with Gasteiger partial charge in [0, 0.05) is 18.6 Å². The molecule has 0 radical (unpaired) electrons. The molecule has 1 aromatic heterocycles. The van der Waals surface area contributed by atoms with Gasteiger partial charge < -0.3 is 20.5 Å². The Kier molecular flexibility index (Phi) is 4.17. The lowest BCUT2D eigenvalue weighted by Crippen LogP contribution is -2.47. The highest BCUT2D eigenvalue weighted by Crippen LogP contribution is 2.26. The Balaban J connectivity index is 1.74. The number of nitrogens with zero attached hydrogens (tertiary/aromatic N) is 2. The molecule has 1 aliphatic rings. The normalized spacial score (nSPS) is 22.2. The van der Waals surface area contributed by atoms with E-state index in [1.165, 1.54) is 6.33 Å². The van der Waals surface area contributed by atoms with Crippen LogP contribution in [0.25, 0.3) is 10.9 Å². The van der Waals surface area contributed by atoms with Gasteiger partial charge in [-0.2, -0.15) is 0 Å². The van der Waals surface area contributed by atoms with Gasteiger partial charge in [-0.3, -0.25) is 0 Å². The number of ether oxygens (including phenoxy) is 2. The number of nitrogens with one attached hydrogen (secondary N) is 1. The van der Waals surface area contributed by atoms with Crippen molar-refractivity contribution in [1.29, 1.82) is 0 Å². The molecule has 2 atom stereocenters. The van der Waals surface area contributed by atoms with Crippen LogP contribution in [-0.4, -0.2) is 42.3 Å². The lowest BCUT2D eigenvalue weighted by molar-refractivity contribution is 0.227. The van der Waals surface area contributed by atoms with Crippen molar-refractivity contribution in [1.82, 2.24) is 15.3 Å². The fourth-order valence-electron chi connectivity index (χ4n) is 2.51. The van der Waals surface area contributed by atoms with Crippen molar-refractivity contribution in [2.45, 2.75) is 24.9 Å². The molecule has 1 saturated heterocycles. The van der Waals surface area contributed by atoms with Crippen molar-refractivity contribution in [2.75, 3.05) is 20.3 Å². The Morgan fingerprint density at radius 3 is 3.00 bits per heavy atom. The van der Waals surface area contributed by atoms with E-state index in [4.69, 9.17) is 15.2 Å². The van der Waals surface area contributed by atoms with Crippen LogP contribution in [0.4, 0.5) is 0 Å². The molecule has 2 unspecified atom stereocenters. The van der Waals surface area contributed by atoms with Crippen LogP contribution < -0.4 is 20.5 Å². The van der Waals surface area contributed by atoms with Crippen LogP contribution in [0.15, 0.2) is 24.5 Å². The van der Waals surface area contributed by atoms with E-state index in [-0.39, 0.29) is 6.04 Å². The van der Waals surface area contributed by atoms with Crippen LogP contribution in [0.5, 0.6) is 11.6 Å². The molecule has 2 aromatic rings. The summed E-state index contributed by atoms with van der Waals surface area (Å²) in [5, 5.41) is 4.26. The van der Waals surface area contributed by atoms with Gasteiger partial charge in [-0.25, -0.2) is 9.97 Å². The summed E-state index contributed by atoms with van der Waals surface area (Å²) in [4.78, 5) is 8.48. The summed E-state index contributed by atoms with van der Waals surface area (Å²) in [5.74, 6) is 1.36. The van der Waals surface area contributed by atoms with Gasteiger partial charge in [0.1, 0.15) is 18.7 Å². The molecule has 0 amide bonds. The standard InChI is InChI=1S/C15H20N4O2/c1-20-12-4-5-14-13(6-12)15(19-9-18-14)21-8-11-3-2-10(16)7-17-11/h4-6,9-11,17H,2-3,7-8,16H2,1H3. The summed E-state index contributed by atoms with van der Waals surface area (Å²) in [6, 6.07) is 6.25. The lowest BCUT2D eigenvalue weighted by Gasteiger charge is -2.27. The molecule has 1 aliphatic heterocycles. The summed E-state index contributed by atoms with van der Waals surface area (Å²) in [7, 11) is 1.64. The fraction of sp³-hybridized carbons (Fsp3) is 0.467. The second-order valence-corrected chi connectivity index (χ2v) is 5.32. The molecule has 2 heterocycles. The Morgan fingerprint density at radius 2 is 2.24 bits per heavy atom. The third-order valence-corrected chi connectivity index (χ3v) is 3.78. The second kappa shape index (κ2) is 6.24. The number of hydrogen-bond acceptors (Lipinski definition) is 6. The van der Waals surface area contributed by atoms with Gasteiger partial charge in [-0.05, 0) is 31.0 Å². The van der Waals surface area contributed by atoms with Crippen molar-refractivity contribution < 1.29 is 9.47 Å². The highest BCUT2D eigenvalue weighted by atomic mass is 16.5. The van der Waals surface area contributed by atoms with Gasteiger partial charge in [0.25, 0.3) is 0 Å². The molecule has 6 nitrogen and oxygen atoms in total. The van der Waals surface area contributed by atoms with Crippen LogP contribution in [0.2, 0.25) is 0 Å². The van der Waals surface area contributed by atoms with Crippen LogP contribution in [0, 0.1) is 0 Å². The van der Waals surface area contributed by atoms with Gasteiger partial charge in [0.15, 0.2) is 0 Å². The minimum Gasteiger partial charge on any atom is -0.497 e. The minimum absolute atomic E-state index is 0.255. The molecule has 1 fully saturated rings. The molecule has 112 valence electrons. The molecule has 21 heavy (non-hydrogen) atoms. The number of rotatable bonds is 4. The van der Waals surface area contributed by atoms with Crippen LogP contribution in [0.3, 0.4) is 0 Å². The molecule has 0 aliphatic carbocycles. The molecule has 6 heteroatoms. The predicted octanol–water partition coefficient (Wildman–Crippen LogP) is 1.10. The van der Waals surface area contributed by atoms with Crippen molar-refractivity contribution in [2.24, 2.45) is 5.73 Å². The third kappa shape index (κ3) is 3.22. The van der Waals surface area contributed by atoms with E-state index in [9.17, 15) is 0 Å². The zero-order valence-corrected chi connectivity index (χ0v) is 12.1. The van der Waals surface area contributed by atoms with Crippen molar-refractivity contribution in [3.05, 3.63) is 24.5 Å². The van der Waals surface area contributed by atoms with Gasteiger partial charge in [-0.15, -0.1) is 0 Å². The largest absolute Gasteiger partial charge is 0.497 e. The maximum absolute atomic E-state index is 5.88. The number of hydrogen-bond donors (Lipinski definition) is 2. The van der Waals surface area contributed by atoms with Crippen LogP contribution in [-0.2, 0) is 0 Å². The van der Waals surface area contributed by atoms with Gasteiger partial charge >= 0.3 is 0 Å². The average Bonchev–Trinajstić information content (AvgIpc) is 2.54. The first-order valence-electron chi connectivity index (χ1n) is 7.17. The smallest absolute Gasteiger partial charge is 0.224 e. The molecule has 0 bridgehead atoms. The second-order valence-electron chi connectivity index (χ2n) is 5.32. The number of benzene rings is 1. The molecule has 1 aromatic carbocycles. The topological polar surface area (TPSA) is 82.3 Å². The average molecular weight is 288 g/mol. The molecule has 3 rings (SSSR count). The summed E-state index contributed by atoms with van der Waals surface area (Å²) in [6.45, 7) is 1.42. The number of methoxy groups -OCH3 is 1. The zero-order valence-electron chi connectivity index (χ0n) is 12.1. The van der Waals surface area contributed by atoms with Crippen molar-refractivity contribution in [3.8, 4) is 11.6 Å². The van der Waals surface area contributed by atoms with Gasteiger partial charge in [-0.1, -0.05) is 0 Å². The van der Waals surface area contributed by atoms with Gasteiger partial charge in [0.2, 0.25) is 5.88 Å². The first-order valence-corrected chi connectivity index (χ1v) is 7.17. The van der Waals surface area contributed by atoms with Crippen LogP contribution in [0.1, 0.15) is 12.8 Å². The maximum atomic E-state index is 5.88. The number of fused-ring (bicyclic) bond motifs is 1. The van der Waals surface area contributed by atoms with E-state index in [2.05, 4.69) is 15.3 Å². The molecular weight excluding hydrogens is 268 g/mol. The summed E-state index contributed by atoms with van der Waals surface area (Å²) < 4.78 is 11.1. The highest BCUT2D eigenvalue weighted by molar-refractivity contribution is 5.84. The number of aromatic nitrogens is 2. The van der Waals surface area contributed by atoms with Crippen LogP contribution >= 0.6 is 0 Å². The number of piperidine rings is 1. The minimum atomic E-state index is 0.255. The molecule has 0 spiro atoms. The third-order valence-electron chi connectivity index (χ3n) is 3.78. The van der Waals surface area contributed by atoms with E-state index in [1.807, 2.05) is 18.2 Å². The van der Waals surface area contributed by atoms with E-state index in [0.29, 0.717) is 18.5 Å². The SMILES string of the molecule is COc1ccc2ncnc(OCC3CCC(N)CN3)c2c1. The molecule has 0 saturated carbocycles. The summed E-state index contributed by atoms with van der Waals surface area (Å²) >= 11 is 0. The van der Waals surface area contributed by atoms with E-state index in [1.54, 1.807) is 7.11 Å². The van der Waals surface area contributed by atoms with Crippen molar-refractivity contribution >= 4 is 10.9 Å². The molecular formula is C15H20N4O2. The monoisotopic (exact) mass is 288 g/mol. The fourth-order valence-corrected chi connectivity index (χ4v) is 2.51. The first kappa shape index (κ1) is 14.0. The van der Waals surface area contributed by atoms with E-state index < -0.39 is 0 Å². The Labute approximate surface area is 123 Å². The zero-order chi connectivity index (χ0) is 14.7. The van der Waals surface area contributed by atoms with E-state index >= 15 is 0 Å². The van der Waals surface area contributed by atoms with Gasteiger partial charge in [0.05, 0.1) is 18.0 Å². The highest BCUT2D eigenvalue weighted by Gasteiger charge is 2.18. The Bertz CT molecular complexity index is 612. The first-order chi connectivity index (χ1) is 10.3. The number of nitrogens with two attached hydrogens (primary N) is 1. The quantitative estimate of drug-likeness (QED) is 0.876. The Morgan fingerprint density at radius 1 is 1.33 bits per heavy atom. The maximum Gasteiger partial charge on any atom is 0.224 e. The molecule has 3 N–H and O–H groups in total. The summed E-state index contributed by atoms with van der Waals surface area (Å²) in [6.07, 6.45) is 3.57.